The van der Waals surface area contributed by atoms with Crippen molar-refractivity contribution < 1.29 is 0 Å². The van der Waals surface area contributed by atoms with Gasteiger partial charge < -0.3 is 4.57 Å². The molecule has 0 radical (unpaired) electrons. The first-order chi connectivity index (χ1) is 22.6. The van der Waals surface area contributed by atoms with E-state index in [0.29, 0.717) is 5.82 Å². The quantitative estimate of drug-likeness (QED) is 0.204. The van der Waals surface area contributed by atoms with Crippen LogP contribution in [0, 0.1) is 0 Å². The number of aromatic nitrogens is 3. The Kier molecular flexibility index (Phi) is 5.85. The molecule has 1 aliphatic rings. The number of benzene rings is 6. The summed E-state index contributed by atoms with van der Waals surface area (Å²) in [5.41, 5.74) is 13.8. The zero-order valence-electron chi connectivity index (χ0n) is 25.8. The van der Waals surface area contributed by atoms with Gasteiger partial charge in [0.15, 0.2) is 5.82 Å². The van der Waals surface area contributed by atoms with Crippen LogP contribution in [0.15, 0.2) is 152 Å². The summed E-state index contributed by atoms with van der Waals surface area (Å²) in [5.74, 6) is 0.709. The largest absolute Gasteiger partial charge is 0.309 e. The van der Waals surface area contributed by atoms with Gasteiger partial charge >= 0.3 is 0 Å². The van der Waals surface area contributed by atoms with E-state index >= 15 is 0 Å². The van der Waals surface area contributed by atoms with Crippen LogP contribution < -0.4 is 0 Å². The van der Waals surface area contributed by atoms with Crippen molar-refractivity contribution in [2.45, 2.75) is 19.3 Å². The average Bonchev–Trinajstić information content (AvgIpc) is 3.56. The molecule has 8 aromatic rings. The number of fused-ring (bicyclic) bond motifs is 6. The predicted molar refractivity (Wildman–Crippen MR) is 190 cm³/mol. The van der Waals surface area contributed by atoms with Crippen LogP contribution in [0.5, 0.6) is 0 Å². The van der Waals surface area contributed by atoms with Gasteiger partial charge in [0.2, 0.25) is 0 Å². The van der Waals surface area contributed by atoms with Gasteiger partial charge in [-0.1, -0.05) is 129 Å². The maximum Gasteiger partial charge on any atom is 0.160 e. The Morgan fingerprint density at radius 3 is 1.83 bits per heavy atom. The number of hydrogen-bond donors (Lipinski definition) is 0. The van der Waals surface area contributed by atoms with Crippen molar-refractivity contribution in [3.63, 3.8) is 0 Å². The topological polar surface area (TPSA) is 30.7 Å². The van der Waals surface area contributed by atoms with E-state index in [-0.39, 0.29) is 5.41 Å². The Bertz CT molecular complexity index is 2380. The van der Waals surface area contributed by atoms with E-state index in [9.17, 15) is 0 Å². The Labute approximate surface area is 268 Å². The van der Waals surface area contributed by atoms with E-state index in [1.54, 1.807) is 0 Å². The second kappa shape index (κ2) is 10.1. The molecular weight excluding hydrogens is 558 g/mol. The molecule has 2 heterocycles. The van der Waals surface area contributed by atoms with Gasteiger partial charge in [-0.15, -0.1) is 0 Å². The van der Waals surface area contributed by atoms with Crippen molar-refractivity contribution >= 4 is 21.8 Å². The minimum atomic E-state index is -0.0805. The zero-order chi connectivity index (χ0) is 30.8. The summed E-state index contributed by atoms with van der Waals surface area (Å²) in [6, 6.07) is 53.9. The summed E-state index contributed by atoms with van der Waals surface area (Å²) in [5, 5.41) is 2.52. The molecule has 46 heavy (non-hydrogen) atoms. The van der Waals surface area contributed by atoms with E-state index in [2.05, 4.69) is 158 Å². The van der Waals surface area contributed by atoms with E-state index in [1.807, 2.05) is 12.1 Å². The molecule has 2 aromatic heterocycles. The maximum atomic E-state index is 5.12. The van der Waals surface area contributed by atoms with Gasteiger partial charge in [0, 0.05) is 38.6 Å². The number of hydrogen-bond acceptors (Lipinski definition) is 2. The molecular formula is C43H31N3. The summed E-state index contributed by atoms with van der Waals surface area (Å²) in [6.45, 7) is 4.69. The van der Waals surface area contributed by atoms with Gasteiger partial charge in [0.1, 0.15) is 0 Å². The fourth-order valence-corrected chi connectivity index (χ4v) is 7.32. The maximum absolute atomic E-state index is 5.12. The molecule has 0 aliphatic heterocycles. The molecule has 0 saturated carbocycles. The van der Waals surface area contributed by atoms with Crippen LogP contribution in [-0.4, -0.2) is 14.5 Å². The van der Waals surface area contributed by atoms with Crippen molar-refractivity contribution in [1.82, 2.24) is 14.5 Å². The van der Waals surface area contributed by atoms with Gasteiger partial charge in [-0.3, -0.25) is 0 Å². The first-order valence-corrected chi connectivity index (χ1v) is 15.8. The molecule has 1 aliphatic carbocycles. The van der Waals surface area contributed by atoms with Crippen LogP contribution in [0.3, 0.4) is 0 Å². The fourth-order valence-electron chi connectivity index (χ4n) is 7.32. The second-order valence-corrected chi connectivity index (χ2v) is 12.7. The molecule has 0 fully saturated rings. The summed E-state index contributed by atoms with van der Waals surface area (Å²) in [6.07, 6.45) is 0. The molecule has 0 spiro atoms. The SMILES string of the molecule is CC1(C)c2ccccc2-c2cc3c4ccccc4n(-c4cccc(-c5nc(-c6ccccc6)cc(-c6ccccc6)n5)c4)c3cc21. The van der Waals surface area contributed by atoms with Gasteiger partial charge in [0.05, 0.1) is 22.4 Å². The minimum Gasteiger partial charge on any atom is -0.309 e. The molecule has 218 valence electrons. The Morgan fingerprint density at radius 2 is 1.09 bits per heavy atom. The standard InChI is InChI=1S/C43H31N3/c1-43(2)36-22-11-9-20-32(36)34-25-35-33-21-10-12-23-40(33)46(41(35)26-37(34)43)31-19-13-18-30(24-31)42-44-38(28-14-5-3-6-15-28)27-39(45-42)29-16-7-4-8-17-29/h3-27H,1-2H3. The van der Waals surface area contributed by atoms with E-state index in [4.69, 9.17) is 9.97 Å². The third-order valence-electron chi connectivity index (χ3n) is 9.60. The lowest BCUT2D eigenvalue weighted by Gasteiger charge is -2.21. The van der Waals surface area contributed by atoms with Gasteiger partial charge in [-0.05, 0) is 58.7 Å². The Hall–Kier alpha value is -5.80. The highest BCUT2D eigenvalue weighted by molar-refractivity contribution is 6.11. The summed E-state index contributed by atoms with van der Waals surface area (Å²) in [7, 11) is 0. The fraction of sp³-hybridized carbons (Fsp3) is 0.0698. The smallest absolute Gasteiger partial charge is 0.160 e. The van der Waals surface area contributed by atoms with Crippen LogP contribution in [-0.2, 0) is 5.41 Å². The lowest BCUT2D eigenvalue weighted by molar-refractivity contribution is 0.661. The molecule has 3 nitrogen and oxygen atoms in total. The van der Waals surface area contributed by atoms with Crippen LogP contribution in [0.4, 0.5) is 0 Å². The van der Waals surface area contributed by atoms with E-state index in [1.165, 1.54) is 44.1 Å². The molecule has 0 N–H and O–H groups in total. The molecule has 9 rings (SSSR count). The van der Waals surface area contributed by atoms with Gasteiger partial charge in [-0.2, -0.15) is 0 Å². The first-order valence-electron chi connectivity index (χ1n) is 15.8. The number of para-hydroxylation sites is 1. The Morgan fingerprint density at radius 1 is 0.457 bits per heavy atom. The van der Waals surface area contributed by atoms with Crippen molar-refractivity contribution in [3.05, 3.63) is 163 Å². The van der Waals surface area contributed by atoms with Crippen molar-refractivity contribution in [2.24, 2.45) is 0 Å². The van der Waals surface area contributed by atoms with Crippen molar-refractivity contribution in [1.29, 1.82) is 0 Å². The molecule has 6 aromatic carbocycles. The van der Waals surface area contributed by atoms with Crippen molar-refractivity contribution in [3.8, 4) is 50.7 Å². The third-order valence-corrected chi connectivity index (χ3v) is 9.60. The molecule has 0 amide bonds. The summed E-state index contributed by atoms with van der Waals surface area (Å²) in [4.78, 5) is 10.2. The van der Waals surface area contributed by atoms with Gasteiger partial charge in [-0.25, -0.2) is 9.97 Å². The van der Waals surface area contributed by atoms with Crippen LogP contribution in [0.25, 0.3) is 72.5 Å². The average molecular weight is 590 g/mol. The van der Waals surface area contributed by atoms with E-state index < -0.39 is 0 Å². The second-order valence-electron chi connectivity index (χ2n) is 12.7. The molecule has 0 atom stereocenters. The van der Waals surface area contributed by atoms with Crippen LogP contribution in [0.1, 0.15) is 25.0 Å². The lowest BCUT2D eigenvalue weighted by Crippen LogP contribution is -2.14. The predicted octanol–water partition coefficient (Wildman–Crippen LogP) is 10.9. The lowest BCUT2D eigenvalue weighted by atomic mass is 9.82. The van der Waals surface area contributed by atoms with Crippen molar-refractivity contribution in [2.75, 3.05) is 0 Å². The summed E-state index contributed by atoms with van der Waals surface area (Å²) >= 11 is 0. The highest BCUT2D eigenvalue weighted by Crippen LogP contribution is 2.51. The zero-order valence-corrected chi connectivity index (χ0v) is 25.8. The molecule has 0 bridgehead atoms. The Balaban J connectivity index is 1.26. The van der Waals surface area contributed by atoms with Crippen LogP contribution >= 0.6 is 0 Å². The first kappa shape index (κ1) is 26.6. The monoisotopic (exact) mass is 589 g/mol. The molecule has 3 heteroatoms. The third kappa shape index (κ3) is 4.05. The normalized spacial score (nSPS) is 13.2. The van der Waals surface area contributed by atoms with Gasteiger partial charge in [0.25, 0.3) is 0 Å². The minimum absolute atomic E-state index is 0.0805. The number of rotatable bonds is 4. The summed E-state index contributed by atoms with van der Waals surface area (Å²) < 4.78 is 2.41. The van der Waals surface area contributed by atoms with Crippen LogP contribution in [0.2, 0.25) is 0 Å². The van der Waals surface area contributed by atoms with E-state index in [0.717, 1.165) is 33.8 Å². The number of nitrogens with zero attached hydrogens (tertiary/aromatic N) is 3. The molecule has 0 saturated heterocycles. The highest BCUT2D eigenvalue weighted by Gasteiger charge is 2.36. The highest BCUT2D eigenvalue weighted by atomic mass is 15.0. The molecule has 0 unspecified atom stereocenters.